The second-order valence-electron chi connectivity index (χ2n) is 2.66. The minimum atomic E-state index is -0.0341. The lowest BCUT2D eigenvalue weighted by atomic mass is 10.1. The van der Waals surface area contributed by atoms with E-state index in [2.05, 4.69) is 22.5 Å². The number of carbonyl (C=O) groups is 1. The number of ketones is 1. The number of halogens is 1. The van der Waals surface area contributed by atoms with Crippen molar-refractivity contribution in [2.24, 2.45) is 0 Å². The van der Waals surface area contributed by atoms with Gasteiger partial charge in [-0.2, -0.15) is 0 Å². The van der Waals surface area contributed by atoms with Crippen molar-refractivity contribution in [3.8, 4) is 0 Å². The predicted octanol–water partition coefficient (Wildman–Crippen LogP) is 3.19. The molecule has 0 aromatic carbocycles. The molecule has 0 bridgehead atoms. The standard InChI is InChI=1S/C9H9BrO2/c1-6(2)5-7(11)8-3-4-9(10)12-8/h3-4H,1,5H2,2H3. The number of hydrogen-bond acceptors (Lipinski definition) is 2. The molecule has 1 aromatic heterocycles. The zero-order chi connectivity index (χ0) is 9.14. The van der Waals surface area contributed by atoms with E-state index in [-0.39, 0.29) is 5.78 Å². The van der Waals surface area contributed by atoms with Crippen molar-refractivity contribution >= 4 is 21.7 Å². The molecule has 0 aliphatic rings. The maximum atomic E-state index is 11.3. The summed E-state index contributed by atoms with van der Waals surface area (Å²) in [4.78, 5) is 11.3. The van der Waals surface area contributed by atoms with Gasteiger partial charge in [-0.1, -0.05) is 12.2 Å². The van der Waals surface area contributed by atoms with Crippen LogP contribution in [0.1, 0.15) is 23.9 Å². The van der Waals surface area contributed by atoms with Gasteiger partial charge in [0.2, 0.25) is 5.78 Å². The minimum Gasteiger partial charge on any atom is -0.446 e. The first-order valence-electron chi connectivity index (χ1n) is 3.52. The van der Waals surface area contributed by atoms with Gasteiger partial charge in [0.1, 0.15) is 0 Å². The van der Waals surface area contributed by atoms with E-state index in [1.165, 1.54) is 0 Å². The smallest absolute Gasteiger partial charge is 0.202 e. The van der Waals surface area contributed by atoms with Crippen molar-refractivity contribution in [2.45, 2.75) is 13.3 Å². The Morgan fingerprint density at radius 2 is 2.33 bits per heavy atom. The summed E-state index contributed by atoms with van der Waals surface area (Å²) >= 11 is 3.13. The Hall–Kier alpha value is -0.830. The van der Waals surface area contributed by atoms with Crippen molar-refractivity contribution < 1.29 is 9.21 Å². The predicted molar refractivity (Wildman–Crippen MR) is 50.2 cm³/mol. The van der Waals surface area contributed by atoms with Crippen molar-refractivity contribution in [2.75, 3.05) is 0 Å². The quantitative estimate of drug-likeness (QED) is 0.588. The molecule has 0 N–H and O–H groups in total. The highest BCUT2D eigenvalue weighted by atomic mass is 79.9. The van der Waals surface area contributed by atoms with Crippen LogP contribution in [0.25, 0.3) is 0 Å². The van der Waals surface area contributed by atoms with Gasteiger partial charge >= 0.3 is 0 Å². The second kappa shape index (κ2) is 3.72. The summed E-state index contributed by atoms with van der Waals surface area (Å²) in [6, 6.07) is 3.35. The molecule has 0 unspecified atom stereocenters. The van der Waals surface area contributed by atoms with Crippen LogP contribution in [0.4, 0.5) is 0 Å². The topological polar surface area (TPSA) is 30.2 Å². The maximum Gasteiger partial charge on any atom is 0.202 e. The van der Waals surface area contributed by atoms with E-state index >= 15 is 0 Å². The highest BCUT2D eigenvalue weighted by Gasteiger charge is 2.09. The molecular formula is C9H9BrO2. The van der Waals surface area contributed by atoms with Crippen LogP contribution < -0.4 is 0 Å². The van der Waals surface area contributed by atoms with Gasteiger partial charge < -0.3 is 4.42 Å². The van der Waals surface area contributed by atoms with Crippen molar-refractivity contribution in [3.05, 3.63) is 34.7 Å². The molecule has 0 fully saturated rings. The molecule has 64 valence electrons. The monoisotopic (exact) mass is 228 g/mol. The highest BCUT2D eigenvalue weighted by molar-refractivity contribution is 9.10. The van der Waals surface area contributed by atoms with Crippen molar-refractivity contribution in [1.29, 1.82) is 0 Å². The van der Waals surface area contributed by atoms with E-state index in [1.807, 2.05) is 6.92 Å². The summed E-state index contributed by atoms with van der Waals surface area (Å²) in [7, 11) is 0. The molecule has 0 spiro atoms. The van der Waals surface area contributed by atoms with Gasteiger partial charge in [0, 0.05) is 6.42 Å². The molecule has 0 atom stereocenters. The lowest BCUT2D eigenvalue weighted by Crippen LogP contribution is -1.96. The number of allylic oxidation sites excluding steroid dienone is 1. The Bertz CT molecular complexity index is 312. The third-order valence-corrected chi connectivity index (χ3v) is 1.74. The van der Waals surface area contributed by atoms with Gasteiger partial charge in [-0.25, -0.2) is 0 Å². The Morgan fingerprint density at radius 3 is 2.75 bits per heavy atom. The van der Waals surface area contributed by atoms with E-state index in [0.717, 1.165) is 5.57 Å². The van der Waals surface area contributed by atoms with E-state index in [0.29, 0.717) is 16.9 Å². The Morgan fingerprint density at radius 1 is 1.67 bits per heavy atom. The van der Waals surface area contributed by atoms with Crippen LogP contribution in [-0.2, 0) is 0 Å². The second-order valence-corrected chi connectivity index (χ2v) is 3.44. The van der Waals surface area contributed by atoms with E-state index in [1.54, 1.807) is 12.1 Å². The van der Waals surface area contributed by atoms with Crippen LogP contribution in [0.3, 0.4) is 0 Å². The largest absolute Gasteiger partial charge is 0.446 e. The molecule has 12 heavy (non-hydrogen) atoms. The fraction of sp³-hybridized carbons (Fsp3) is 0.222. The maximum absolute atomic E-state index is 11.3. The van der Waals surface area contributed by atoms with Crippen LogP contribution in [0.2, 0.25) is 0 Å². The van der Waals surface area contributed by atoms with E-state index in [4.69, 9.17) is 4.42 Å². The summed E-state index contributed by atoms with van der Waals surface area (Å²) in [6.07, 6.45) is 0.347. The first-order valence-corrected chi connectivity index (χ1v) is 4.32. The molecule has 0 saturated heterocycles. The van der Waals surface area contributed by atoms with Gasteiger partial charge in [0.15, 0.2) is 10.4 Å². The molecule has 1 rings (SSSR count). The van der Waals surface area contributed by atoms with Crippen LogP contribution in [0, 0.1) is 0 Å². The molecule has 1 heterocycles. The number of hydrogen-bond donors (Lipinski definition) is 0. The van der Waals surface area contributed by atoms with Crippen LogP contribution in [-0.4, -0.2) is 5.78 Å². The third-order valence-electron chi connectivity index (χ3n) is 1.31. The molecular weight excluding hydrogens is 220 g/mol. The normalized spacial score (nSPS) is 9.83. The van der Waals surface area contributed by atoms with Crippen molar-refractivity contribution in [1.82, 2.24) is 0 Å². The highest BCUT2D eigenvalue weighted by Crippen LogP contribution is 2.16. The van der Waals surface area contributed by atoms with E-state index < -0.39 is 0 Å². The van der Waals surface area contributed by atoms with Gasteiger partial charge in [0.25, 0.3) is 0 Å². The molecule has 0 amide bonds. The van der Waals surface area contributed by atoms with E-state index in [9.17, 15) is 4.79 Å². The van der Waals surface area contributed by atoms with Gasteiger partial charge in [0.05, 0.1) is 0 Å². The number of carbonyl (C=O) groups excluding carboxylic acids is 1. The summed E-state index contributed by atoms with van der Waals surface area (Å²) in [5, 5.41) is 0. The molecule has 0 aliphatic heterocycles. The lowest BCUT2D eigenvalue weighted by molar-refractivity contribution is 0.0965. The van der Waals surface area contributed by atoms with Crippen molar-refractivity contribution in [3.63, 3.8) is 0 Å². The molecule has 0 saturated carbocycles. The SMILES string of the molecule is C=C(C)CC(=O)c1ccc(Br)o1. The average Bonchev–Trinajstić information content (AvgIpc) is 2.34. The molecule has 0 radical (unpaired) electrons. The Balaban J connectivity index is 2.72. The summed E-state index contributed by atoms with van der Waals surface area (Å²) in [5.41, 5.74) is 0.840. The average molecular weight is 229 g/mol. The fourth-order valence-corrected chi connectivity index (χ4v) is 1.13. The van der Waals surface area contributed by atoms with Gasteiger partial charge in [-0.3, -0.25) is 4.79 Å². The number of rotatable bonds is 3. The first-order chi connectivity index (χ1) is 5.59. The van der Waals surface area contributed by atoms with Crippen LogP contribution in [0.15, 0.2) is 33.4 Å². The number of Topliss-reactive ketones (excluding diaryl/α,β-unsaturated/α-hetero) is 1. The van der Waals surface area contributed by atoms with Crippen LogP contribution >= 0.6 is 15.9 Å². The van der Waals surface area contributed by atoms with Crippen LogP contribution in [0.5, 0.6) is 0 Å². The zero-order valence-corrected chi connectivity index (χ0v) is 8.35. The third kappa shape index (κ3) is 2.34. The van der Waals surface area contributed by atoms with Gasteiger partial charge in [-0.05, 0) is 35.0 Å². The Kier molecular flexibility index (Phi) is 2.87. The Labute approximate surface area is 79.4 Å². The summed E-state index contributed by atoms with van der Waals surface area (Å²) < 4.78 is 5.65. The molecule has 1 aromatic rings. The van der Waals surface area contributed by atoms with Gasteiger partial charge in [-0.15, -0.1) is 0 Å². The summed E-state index contributed by atoms with van der Waals surface area (Å²) in [6.45, 7) is 5.47. The minimum absolute atomic E-state index is 0.0341. The number of furan rings is 1. The summed E-state index contributed by atoms with van der Waals surface area (Å²) in [5.74, 6) is 0.345. The first kappa shape index (κ1) is 9.26. The zero-order valence-electron chi connectivity index (χ0n) is 6.76. The fourth-order valence-electron chi connectivity index (χ4n) is 0.825. The molecule has 2 nitrogen and oxygen atoms in total. The lowest BCUT2D eigenvalue weighted by Gasteiger charge is -1.94. The molecule has 3 heteroatoms. The molecule has 0 aliphatic carbocycles.